The van der Waals surface area contributed by atoms with Gasteiger partial charge in [0.2, 0.25) is 11.9 Å². The topological polar surface area (TPSA) is 71.0 Å². The van der Waals surface area contributed by atoms with Gasteiger partial charge in [-0.1, -0.05) is 23.2 Å². The molecular weight excluding hydrogens is 370 g/mol. The zero-order valence-electron chi connectivity index (χ0n) is 17.3. The van der Waals surface area contributed by atoms with E-state index in [1.165, 1.54) is 9.80 Å². The van der Waals surface area contributed by atoms with Gasteiger partial charge < -0.3 is 4.74 Å². The Morgan fingerprint density at radius 3 is 2.69 bits per heavy atom. The summed E-state index contributed by atoms with van der Waals surface area (Å²) in [5, 5.41) is 0. The van der Waals surface area contributed by atoms with Crippen molar-refractivity contribution >= 4 is 23.7 Å². The van der Waals surface area contributed by atoms with Crippen LogP contribution >= 0.6 is 0 Å². The fourth-order valence-corrected chi connectivity index (χ4v) is 3.91. The average molecular weight is 394 g/mol. The van der Waals surface area contributed by atoms with Crippen LogP contribution in [0.15, 0.2) is 41.4 Å². The third-order valence-corrected chi connectivity index (χ3v) is 5.45. The van der Waals surface area contributed by atoms with Crippen LogP contribution in [0.1, 0.15) is 24.4 Å². The number of aliphatic imine (C=N–C) groups is 1. The molecule has 29 heavy (non-hydrogen) atoms. The molecule has 4 rings (SSSR count). The number of imidazole rings is 1. The van der Waals surface area contributed by atoms with Gasteiger partial charge in [-0.15, -0.1) is 0 Å². The van der Waals surface area contributed by atoms with E-state index in [-0.39, 0.29) is 18.5 Å². The Bertz CT molecular complexity index is 1100. The monoisotopic (exact) mass is 394 g/mol. The molecule has 1 aromatic carbocycles. The molecule has 1 saturated heterocycles. The van der Waals surface area contributed by atoms with E-state index in [0.29, 0.717) is 11.8 Å². The Morgan fingerprint density at radius 1 is 1.31 bits per heavy atom. The van der Waals surface area contributed by atoms with Gasteiger partial charge in [0.25, 0.3) is 5.91 Å². The van der Waals surface area contributed by atoms with Gasteiger partial charge in [-0.05, 0) is 32.9 Å². The maximum Gasteiger partial charge on any atom is 0.407 e. The highest BCUT2D eigenvalue weighted by molar-refractivity contribution is 6.19. The number of rotatable bonds is 4. The van der Waals surface area contributed by atoms with Crippen molar-refractivity contribution in [2.24, 2.45) is 4.99 Å². The smallest absolute Gasteiger partial charge is 0.407 e. The summed E-state index contributed by atoms with van der Waals surface area (Å²) in [4.78, 5) is 33.4. The van der Waals surface area contributed by atoms with Crippen LogP contribution < -0.4 is 9.30 Å². The van der Waals surface area contributed by atoms with E-state index in [1.807, 2.05) is 47.2 Å². The summed E-state index contributed by atoms with van der Waals surface area (Å²) < 4.78 is 9.25. The van der Waals surface area contributed by atoms with E-state index in [4.69, 9.17) is 9.73 Å². The fraction of sp³-hybridized carbons (Fsp3) is 0.333. The van der Waals surface area contributed by atoms with Crippen molar-refractivity contribution in [3.05, 3.63) is 47.8 Å². The molecule has 0 aliphatic carbocycles. The fourth-order valence-electron chi connectivity index (χ4n) is 3.91. The molecule has 0 N–H and O–H groups in total. The minimum absolute atomic E-state index is 0.191. The molecule has 1 aromatic heterocycles. The number of benzene rings is 1. The van der Waals surface area contributed by atoms with E-state index in [0.717, 1.165) is 28.4 Å². The maximum atomic E-state index is 13.3. The second-order valence-electron chi connectivity index (χ2n) is 7.47. The summed E-state index contributed by atoms with van der Waals surface area (Å²) in [5.74, 6) is 1.49. The highest BCUT2D eigenvalue weighted by Gasteiger charge is 2.54. The van der Waals surface area contributed by atoms with E-state index in [1.54, 1.807) is 21.1 Å². The lowest BCUT2D eigenvalue weighted by Crippen LogP contribution is -2.63. The van der Waals surface area contributed by atoms with Crippen LogP contribution in [-0.2, 0) is 4.79 Å². The van der Waals surface area contributed by atoms with Crippen molar-refractivity contribution in [2.75, 3.05) is 20.7 Å². The standard InChI is InChI=1S/C21H24N5O3/c1-12(2)11-24-19(27)17-18(23(5)21(24)28)22-20-25(13(3)14(4)26(17)20)15-8-7-9-16(10-15)29-6/h7-10,17H,1,11H2,2-6H3/q+1. The molecule has 0 spiro atoms. The number of urea groups is 1. The first-order valence-electron chi connectivity index (χ1n) is 9.36. The predicted octanol–water partition coefficient (Wildman–Crippen LogP) is 2.45. The third kappa shape index (κ3) is 2.66. The largest absolute Gasteiger partial charge is 0.497 e. The average Bonchev–Trinajstić information content (AvgIpc) is 3.19. The molecule has 0 bridgehead atoms. The van der Waals surface area contributed by atoms with Crippen molar-refractivity contribution in [2.45, 2.75) is 26.8 Å². The third-order valence-electron chi connectivity index (χ3n) is 5.45. The number of amidine groups is 1. The Morgan fingerprint density at radius 2 is 2.03 bits per heavy atom. The number of amides is 3. The van der Waals surface area contributed by atoms with E-state index in [9.17, 15) is 9.59 Å². The van der Waals surface area contributed by atoms with Crippen LogP contribution in [0, 0.1) is 13.8 Å². The molecular formula is C21H24N5O3+. The summed E-state index contributed by atoms with van der Waals surface area (Å²) in [7, 11) is 3.27. The maximum absolute atomic E-state index is 13.3. The Balaban J connectivity index is 1.89. The van der Waals surface area contributed by atoms with Gasteiger partial charge in [-0.3, -0.25) is 14.6 Å². The van der Waals surface area contributed by atoms with E-state index >= 15 is 0 Å². The quantitative estimate of drug-likeness (QED) is 0.591. The number of fused-ring (bicyclic) bond motifs is 3. The first-order valence-corrected chi connectivity index (χ1v) is 9.36. The Kier molecular flexibility index (Phi) is 4.29. The van der Waals surface area contributed by atoms with Gasteiger partial charge in [0.05, 0.1) is 13.7 Å². The normalized spacial score (nSPS) is 18.0. The minimum Gasteiger partial charge on any atom is -0.497 e. The van der Waals surface area contributed by atoms with Crippen LogP contribution in [0.5, 0.6) is 5.75 Å². The molecule has 1 unspecified atom stereocenters. The minimum atomic E-state index is -0.669. The molecule has 3 heterocycles. The number of carbonyl (C=O) groups excluding carboxylic acids is 2. The zero-order valence-corrected chi connectivity index (χ0v) is 17.3. The van der Waals surface area contributed by atoms with E-state index < -0.39 is 6.04 Å². The number of aromatic nitrogens is 2. The SMILES string of the molecule is C=C(C)CN1C(=O)C2C(=Nc3n(-c4cccc(OC)c4)c(C)c(C)[n+]32)N(C)C1=O. The Labute approximate surface area is 169 Å². The molecule has 2 aromatic rings. The highest BCUT2D eigenvalue weighted by Crippen LogP contribution is 2.33. The Hall–Kier alpha value is -3.42. The second-order valence-corrected chi connectivity index (χ2v) is 7.47. The van der Waals surface area contributed by atoms with Crippen molar-refractivity contribution in [1.29, 1.82) is 0 Å². The van der Waals surface area contributed by atoms with Crippen molar-refractivity contribution in [1.82, 2.24) is 14.4 Å². The van der Waals surface area contributed by atoms with Gasteiger partial charge >= 0.3 is 12.0 Å². The van der Waals surface area contributed by atoms with Crippen LogP contribution in [0.2, 0.25) is 0 Å². The summed E-state index contributed by atoms with van der Waals surface area (Å²) >= 11 is 0. The van der Waals surface area contributed by atoms with Gasteiger partial charge in [-0.2, -0.15) is 4.57 Å². The van der Waals surface area contributed by atoms with Crippen LogP contribution in [0.4, 0.5) is 10.7 Å². The summed E-state index contributed by atoms with van der Waals surface area (Å²) in [5.41, 5.74) is 3.50. The number of hydrogen-bond donors (Lipinski definition) is 0. The van der Waals surface area contributed by atoms with Crippen molar-refractivity contribution < 1.29 is 18.9 Å². The number of imide groups is 1. The van der Waals surface area contributed by atoms with Crippen LogP contribution in [0.25, 0.3) is 5.69 Å². The molecule has 2 aliphatic heterocycles. The molecule has 8 heteroatoms. The summed E-state index contributed by atoms with van der Waals surface area (Å²) in [6, 6.07) is 6.60. The first kappa shape index (κ1) is 18.9. The lowest BCUT2D eigenvalue weighted by atomic mass is 10.1. The number of nitrogens with zero attached hydrogens (tertiary/aromatic N) is 5. The first-order chi connectivity index (χ1) is 13.8. The predicted molar refractivity (Wildman–Crippen MR) is 108 cm³/mol. The molecule has 3 amide bonds. The molecule has 0 saturated carbocycles. The molecule has 150 valence electrons. The number of carbonyl (C=O) groups is 2. The van der Waals surface area contributed by atoms with Gasteiger partial charge in [0.1, 0.15) is 22.8 Å². The molecule has 1 fully saturated rings. The van der Waals surface area contributed by atoms with Gasteiger partial charge in [-0.25, -0.2) is 9.36 Å². The lowest BCUT2D eigenvalue weighted by Gasteiger charge is -2.33. The highest BCUT2D eigenvalue weighted by atomic mass is 16.5. The van der Waals surface area contributed by atoms with Crippen molar-refractivity contribution in [3.63, 3.8) is 0 Å². The number of hydrogen-bond acceptors (Lipinski definition) is 4. The molecule has 1 atom stereocenters. The summed E-state index contributed by atoms with van der Waals surface area (Å²) in [6.07, 6.45) is 0. The summed E-state index contributed by atoms with van der Waals surface area (Å²) in [6.45, 7) is 9.78. The number of methoxy groups -OCH3 is 1. The number of ether oxygens (including phenoxy) is 1. The van der Waals surface area contributed by atoms with Crippen molar-refractivity contribution in [3.8, 4) is 11.4 Å². The molecule has 0 radical (unpaired) electrons. The number of likely N-dealkylation sites (N-methyl/N-ethyl adjacent to an activating group) is 1. The molecule has 2 aliphatic rings. The lowest BCUT2D eigenvalue weighted by molar-refractivity contribution is -0.682. The van der Waals surface area contributed by atoms with E-state index in [2.05, 4.69) is 6.58 Å². The molecule has 8 nitrogen and oxygen atoms in total. The van der Waals surface area contributed by atoms with Crippen LogP contribution in [0.3, 0.4) is 0 Å². The van der Waals surface area contributed by atoms with Gasteiger partial charge in [0, 0.05) is 13.1 Å². The zero-order chi connectivity index (χ0) is 21.0. The van der Waals surface area contributed by atoms with Gasteiger partial charge in [0.15, 0.2) is 0 Å². The van der Waals surface area contributed by atoms with Crippen LogP contribution in [-0.4, -0.2) is 52.8 Å². The second kappa shape index (κ2) is 6.58.